The van der Waals surface area contributed by atoms with Crippen LogP contribution in [0, 0.1) is 11.3 Å². The predicted octanol–water partition coefficient (Wildman–Crippen LogP) is 4.65. The van der Waals surface area contributed by atoms with Crippen molar-refractivity contribution in [3.05, 3.63) is 25.3 Å². The molecule has 0 aromatic carbocycles. The highest BCUT2D eigenvalue weighted by atomic mass is 32.2. The Labute approximate surface area is 312 Å². The SMILES string of the molecule is CC(=O)OCSc1ncnc2c1ncn2CN1CCCCC1.CCCCCSc1nc(N)nc2nc[nH]c12.N#CCSc1nc(N)nc2nc[nH]c12. The van der Waals surface area contributed by atoms with Gasteiger partial charge in [0.25, 0.3) is 0 Å². The molecule has 7 rings (SSSR count). The largest absolute Gasteiger partial charge is 0.454 e. The van der Waals surface area contributed by atoms with E-state index >= 15 is 0 Å². The van der Waals surface area contributed by atoms with E-state index in [2.05, 4.69) is 71.2 Å². The van der Waals surface area contributed by atoms with Gasteiger partial charge in [-0.15, -0.1) is 11.8 Å². The van der Waals surface area contributed by atoms with E-state index in [4.69, 9.17) is 21.5 Å². The molecule has 1 aliphatic heterocycles. The molecule has 1 fully saturated rings. The number of nitrogen functional groups attached to an aromatic ring is 2. The van der Waals surface area contributed by atoms with Gasteiger partial charge in [-0.25, -0.2) is 34.9 Å². The number of nitrogens with one attached hydrogen (secondary N) is 2. The van der Waals surface area contributed by atoms with Gasteiger partial charge >= 0.3 is 5.97 Å². The number of unbranched alkanes of at least 4 members (excludes halogenated alkanes) is 2. The summed E-state index contributed by atoms with van der Waals surface area (Å²) >= 11 is 4.37. The first-order valence-corrected chi connectivity index (χ1v) is 19.5. The van der Waals surface area contributed by atoms with Gasteiger partial charge in [0.2, 0.25) is 11.9 Å². The van der Waals surface area contributed by atoms with Crippen LogP contribution in [0.2, 0.25) is 0 Å². The molecule has 0 saturated carbocycles. The molecule has 0 unspecified atom stereocenters. The van der Waals surface area contributed by atoms with Gasteiger partial charge in [0.05, 0.1) is 37.5 Å². The number of nitrogens with two attached hydrogens (primary N) is 2. The number of carbonyl (C=O) groups is 1. The molecular formula is C31H40N16O2S3. The van der Waals surface area contributed by atoms with Crippen molar-refractivity contribution in [1.82, 2.24) is 64.3 Å². The van der Waals surface area contributed by atoms with Crippen LogP contribution >= 0.6 is 35.3 Å². The Morgan fingerprint density at radius 1 is 0.885 bits per heavy atom. The third-order valence-electron chi connectivity index (χ3n) is 7.43. The average Bonchev–Trinajstić information content (AvgIpc) is 3.91. The lowest BCUT2D eigenvalue weighted by Gasteiger charge is -2.26. The minimum atomic E-state index is -0.298. The molecule has 52 heavy (non-hydrogen) atoms. The predicted molar refractivity (Wildman–Crippen MR) is 202 cm³/mol. The Bertz CT molecular complexity index is 2090. The highest BCUT2D eigenvalue weighted by Gasteiger charge is 2.15. The Morgan fingerprint density at radius 3 is 2.19 bits per heavy atom. The number of aromatic amines is 2. The molecule has 18 nitrogen and oxygen atoms in total. The number of carbonyl (C=O) groups excluding carboxylic acids is 1. The van der Waals surface area contributed by atoms with Gasteiger partial charge in [-0.3, -0.25) is 9.69 Å². The minimum Gasteiger partial charge on any atom is -0.454 e. The summed E-state index contributed by atoms with van der Waals surface area (Å²) in [6.07, 6.45) is 14.0. The van der Waals surface area contributed by atoms with E-state index in [1.807, 2.05) is 12.4 Å². The first-order valence-electron chi connectivity index (χ1n) is 16.6. The zero-order chi connectivity index (χ0) is 36.7. The fourth-order valence-electron chi connectivity index (χ4n) is 5.03. The van der Waals surface area contributed by atoms with Crippen molar-refractivity contribution in [1.29, 1.82) is 5.26 Å². The van der Waals surface area contributed by atoms with E-state index in [0.717, 1.165) is 57.8 Å². The number of nitrogens with zero attached hydrogens (tertiary/aromatic N) is 12. The first kappa shape index (κ1) is 38.5. The fraction of sp³-hybridized carbons (Fsp3) is 0.452. The summed E-state index contributed by atoms with van der Waals surface area (Å²) in [5.74, 6) is 1.78. The maximum absolute atomic E-state index is 10.8. The van der Waals surface area contributed by atoms with Crippen LogP contribution in [0.1, 0.15) is 52.4 Å². The van der Waals surface area contributed by atoms with E-state index in [0.29, 0.717) is 22.1 Å². The Balaban J connectivity index is 0.000000156. The second-order valence-corrected chi connectivity index (χ2v) is 14.2. The smallest absolute Gasteiger partial charge is 0.303 e. The number of fused-ring (bicyclic) bond motifs is 3. The van der Waals surface area contributed by atoms with Crippen LogP contribution in [0.3, 0.4) is 0 Å². The van der Waals surface area contributed by atoms with Crippen molar-refractivity contribution in [2.75, 3.05) is 42.0 Å². The molecule has 21 heteroatoms. The number of likely N-dealkylation sites (tertiary alicyclic amines) is 1. The lowest BCUT2D eigenvalue weighted by molar-refractivity contribution is -0.138. The van der Waals surface area contributed by atoms with Gasteiger partial charge in [0.1, 0.15) is 43.9 Å². The van der Waals surface area contributed by atoms with Gasteiger partial charge in [0, 0.05) is 6.92 Å². The number of aromatic nitrogens is 12. The molecule has 6 aromatic heterocycles. The van der Waals surface area contributed by atoms with Crippen LogP contribution in [-0.2, 0) is 16.2 Å². The van der Waals surface area contributed by atoms with Crippen LogP contribution in [0.5, 0.6) is 0 Å². The molecule has 6 aromatic rings. The standard InChI is InChI=1S/C14H19N5O2S.C10H15N5S.C7H6N6S/c1-11(20)21-10-22-14-12-13(15-7-16-14)19(8-17-12)9-18-5-3-2-4-6-18;1-2-3-4-5-16-9-7-8(13-6-12-7)14-10(11)15-9;8-1-2-14-6-4-5(11-3-10-4)12-7(9)13-6/h7-8H,2-6,9-10H2,1H3;6H,2-5H2,1H3,(H3,11,12,13,14,15);3H,2H2,(H3,9,10,11,12,13). The molecule has 0 aliphatic carbocycles. The van der Waals surface area contributed by atoms with E-state index in [9.17, 15) is 4.79 Å². The number of ether oxygens (including phenoxy) is 1. The molecule has 274 valence electrons. The van der Waals surface area contributed by atoms with Crippen LogP contribution in [-0.4, -0.2) is 101 Å². The van der Waals surface area contributed by atoms with Crippen molar-refractivity contribution in [2.24, 2.45) is 0 Å². The Hall–Kier alpha value is -4.78. The summed E-state index contributed by atoms with van der Waals surface area (Å²) in [4.78, 5) is 56.5. The Kier molecular flexibility index (Phi) is 14.6. The summed E-state index contributed by atoms with van der Waals surface area (Å²) in [5.41, 5.74) is 15.5. The maximum Gasteiger partial charge on any atom is 0.303 e. The number of nitriles is 1. The summed E-state index contributed by atoms with van der Waals surface area (Å²) in [6, 6.07) is 2.02. The van der Waals surface area contributed by atoms with E-state index < -0.39 is 0 Å². The van der Waals surface area contributed by atoms with Crippen molar-refractivity contribution < 1.29 is 9.53 Å². The number of hydrogen-bond donors (Lipinski definition) is 4. The number of thioether (sulfide) groups is 3. The summed E-state index contributed by atoms with van der Waals surface area (Å²) in [5, 5.41) is 10.7. The number of piperidine rings is 1. The Morgan fingerprint density at radius 2 is 1.56 bits per heavy atom. The molecule has 1 aliphatic rings. The quantitative estimate of drug-likeness (QED) is 0.0434. The van der Waals surface area contributed by atoms with Gasteiger partial charge in [-0.2, -0.15) is 15.2 Å². The zero-order valence-electron chi connectivity index (χ0n) is 28.9. The molecule has 0 spiro atoms. The lowest BCUT2D eigenvalue weighted by Crippen LogP contribution is -2.31. The number of anilines is 2. The van der Waals surface area contributed by atoms with Gasteiger partial charge in [-0.1, -0.05) is 49.7 Å². The highest BCUT2D eigenvalue weighted by Crippen LogP contribution is 2.26. The summed E-state index contributed by atoms with van der Waals surface area (Å²) in [6.45, 7) is 6.64. The second kappa shape index (κ2) is 19.7. The van der Waals surface area contributed by atoms with E-state index in [1.54, 1.807) is 18.1 Å². The fourth-order valence-corrected chi connectivity index (χ4v) is 7.42. The highest BCUT2D eigenvalue weighted by molar-refractivity contribution is 7.99. The van der Waals surface area contributed by atoms with Gasteiger partial charge in [-0.05, 0) is 38.1 Å². The number of imidazole rings is 3. The second-order valence-electron chi connectivity index (χ2n) is 11.3. The third-order valence-corrected chi connectivity index (χ3v) is 10.1. The number of H-pyrrole nitrogens is 2. The molecule has 0 amide bonds. The topological polar surface area (TPSA) is 258 Å². The number of hydrogen-bond acceptors (Lipinski definition) is 18. The van der Waals surface area contributed by atoms with Gasteiger partial charge < -0.3 is 30.7 Å². The zero-order valence-corrected chi connectivity index (χ0v) is 31.3. The van der Waals surface area contributed by atoms with Crippen molar-refractivity contribution in [2.45, 2.75) is 74.1 Å². The lowest BCUT2D eigenvalue weighted by atomic mass is 10.1. The van der Waals surface area contributed by atoms with Gasteiger partial charge in [0.15, 0.2) is 16.9 Å². The molecule has 0 radical (unpaired) electrons. The summed E-state index contributed by atoms with van der Waals surface area (Å²) < 4.78 is 7.00. The van der Waals surface area contributed by atoms with Crippen molar-refractivity contribution >= 4 is 86.6 Å². The first-order chi connectivity index (χ1) is 25.4. The minimum absolute atomic E-state index is 0.171. The van der Waals surface area contributed by atoms with Crippen molar-refractivity contribution in [3.8, 4) is 6.07 Å². The molecule has 6 N–H and O–H groups in total. The van der Waals surface area contributed by atoms with Crippen LogP contribution in [0.15, 0.2) is 40.4 Å². The van der Waals surface area contributed by atoms with Crippen LogP contribution in [0.25, 0.3) is 33.5 Å². The molecular weight excluding hydrogens is 725 g/mol. The normalized spacial score (nSPS) is 12.9. The molecule has 0 atom stereocenters. The third kappa shape index (κ3) is 10.9. The molecule has 0 bridgehead atoms. The van der Waals surface area contributed by atoms with E-state index in [-0.39, 0.29) is 23.8 Å². The van der Waals surface area contributed by atoms with E-state index in [1.165, 1.54) is 81.6 Å². The van der Waals surface area contributed by atoms with Crippen LogP contribution in [0.4, 0.5) is 11.9 Å². The monoisotopic (exact) mass is 764 g/mol. The van der Waals surface area contributed by atoms with Crippen molar-refractivity contribution in [3.63, 3.8) is 0 Å². The van der Waals surface area contributed by atoms with Crippen LogP contribution < -0.4 is 11.5 Å². The molecule has 7 heterocycles. The number of esters is 1. The summed E-state index contributed by atoms with van der Waals surface area (Å²) in [7, 11) is 0. The average molecular weight is 765 g/mol. The number of rotatable bonds is 12. The maximum atomic E-state index is 10.8. The molecule has 1 saturated heterocycles.